The Kier molecular flexibility index (Phi) is 5.46. The van der Waals surface area contributed by atoms with E-state index in [9.17, 15) is 9.90 Å². The van der Waals surface area contributed by atoms with Crippen LogP contribution >= 0.6 is 0 Å². The van der Waals surface area contributed by atoms with Gasteiger partial charge < -0.3 is 28.8 Å². The summed E-state index contributed by atoms with van der Waals surface area (Å²) in [6, 6.07) is 3.90. The van der Waals surface area contributed by atoms with Crippen LogP contribution in [0.25, 0.3) is 11.0 Å². The molecule has 28 heavy (non-hydrogen) atoms. The quantitative estimate of drug-likeness (QED) is 0.842. The van der Waals surface area contributed by atoms with Gasteiger partial charge in [0.15, 0.2) is 0 Å². The molecular weight excluding hydrogens is 360 g/mol. The molecule has 7 heteroatoms. The minimum absolute atomic E-state index is 0.115. The van der Waals surface area contributed by atoms with Crippen LogP contribution in [0.5, 0.6) is 5.75 Å². The summed E-state index contributed by atoms with van der Waals surface area (Å²) in [4.78, 5) is 17.4. The highest BCUT2D eigenvalue weighted by Gasteiger charge is 2.28. The second-order valence-corrected chi connectivity index (χ2v) is 7.36. The van der Waals surface area contributed by atoms with E-state index in [0.717, 1.165) is 30.6 Å². The Hall–Kier alpha value is -2.25. The first-order valence-electron chi connectivity index (χ1n) is 10.1. The molecule has 2 saturated heterocycles. The van der Waals surface area contributed by atoms with Gasteiger partial charge in [0.05, 0.1) is 37.9 Å². The van der Waals surface area contributed by atoms with E-state index in [1.165, 1.54) is 0 Å². The summed E-state index contributed by atoms with van der Waals surface area (Å²) in [7, 11) is 0. The van der Waals surface area contributed by atoms with E-state index < -0.39 is 0 Å². The average Bonchev–Trinajstić information content (AvgIpc) is 3.20. The molecule has 0 saturated carbocycles. The Morgan fingerprint density at radius 3 is 2.75 bits per heavy atom. The second kappa shape index (κ2) is 8.01. The standard InChI is InChI=1S/C21H28N2O5/c1-3-27-20-18(25)16-6-7-17(23-8-4-5-15(23)13-24)14(2)19(16)28-21(20)22-9-11-26-12-10-22/h6-7,15,24H,3-5,8-13H2,1-2H3. The lowest BCUT2D eigenvalue weighted by atomic mass is 10.1. The van der Waals surface area contributed by atoms with E-state index in [4.69, 9.17) is 13.9 Å². The number of aliphatic hydroxyl groups is 1. The molecule has 1 unspecified atom stereocenters. The van der Waals surface area contributed by atoms with Gasteiger partial charge in [-0.05, 0) is 38.8 Å². The van der Waals surface area contributed by atoms with E-state index >= 15 is 0 Å². The number of aryl methyl sites for hydroxylation is 1. The third-order valence-corrected chi connectivity index (χ3v) is 5.71. The molecule has 0 aliphatic carbocycles. The largest absolute Gasteiger partial charge is 0.485 e. The molecule has 7 nitrogen and oxygen atoms in total. The monoisotopic (exact) mass is 388 g/mol. The number of ether oxygens (including phenoxy) is 2. The number of fused-ring (bicyclic) bond motifs is 1. The summed E-state index contributed by atoms with van der Waals surface area (Å²) in [5.74, 6) is 0.765. The van der Waals surface area contributed by atoms with Crippen molar-refractivity contribution in [3.63, 3.8) is 0 Å². The molecule has 1 aromatic carbocycles. The maximum atomic E-state index is 13.2. The number of hydrogen-bond acceptors (Lipinski definition) is 7. The Morgan fingerprint density at radius 2 is 2.04 bits per heavy atom. The van der Waals surface area contributed by atoms with Crippen LogP contribution in [0.1, 0.15) is 25.3 Å². The number of morpholine rings is 1. The zero-order chi connectivity index (χ0) is 19.7. The highest BCUT2D eigenvalue weighted by Crippen LogP contribution is 2.36. The average molecular weight is 388 g/mol. The molecule has 1 atom stereocenters. The molecule has 152 valence electrons. The summed E-state index contributed by atoms with van der Waals surface area (Å²) in [6.45, 7) is 7.78. The molecule has 0 radical (unpaired) electrons. The number of nitrogens with zero attached hydrogens (tertiary/aromatic N) is 2. The summed E-state index contributed by atoms with van der Waals surface area (Å²) in [6.07, 6.45) is 2.02. The van der Waals surface area contributed by atoms with E-state index in [-0.39, 0.29) is 23.8 Å². The van der Waals surface area contributed by atoms with E-state index in [2.05, 4.69) is 4.90 Å². The minimum Gasteiger partial charge on any atom is -0.485 e. The van der Waals surface area contributed by atoms with Crippen molar-refractivity contribution >= 4 is 22.5 Å². The minimum atomic E-state index is -0.139. The van der Waals surface area contributed by atoms with Crippen LogP contribution in [-0.2, 0) is 4.74 Å². The van der Waals surface area contributed by atoms with Crippen molar-refractivity contribution in [2.45, 2.75) is 32.7 Å². The summed E-state index contributed by atoms with van der Waals surface area (Å²) in [5, 5.41) is 10.2. The maximum absolute atomic E-state index is 13.2. The van der Waals surface area contributed by atoms with Gasteiger partial charge in [0.1, 0.15) is 5.58 Å². The molecule has 2 fully saturated rings. The van der Waals surface area contributed by atoms with E-state index in [1.807, 2.05) is 30.9 Å². The topological polar surface area (TPSA) is 75.4 Å². The van der Waals surface area contributed by atoms with Crippen LogP contribution in [0.2, 0.25) is 0 Å². The highest BCUT2D eigenvalue weighted by molar-refractivity contribution is 5.87. The third-order valence-electron chi connectivity index (χ3n) is 5.71. The lowest BCUT2D eigenvalue weighted by Crippen LogP contribution is -2.37. The van der Waals surface area contributed by atoms with Gasteiger partial charge in [0.25, 0.3) is 0 Å². The van der Waals surface area contributed by atoms with Crippen LogP contribution < -0.4 is 20.0 Å². The van der Waals surface area contributed by atoms with Crippen molar-refractivity contribution in [1.29, 1.82) is 0 Å². The molecule has 0 spiro atoms. The van der Waals surface area contributed by atoms with Gasteiger partial charge in [-0.3, -0.25) is 4.79 Å². The molecule has 0 amide bonds. The summed E-state index contributed by atoms with van der Waals surface area (Å²) >= 11 is 0. The van der Waals surface area contributed by atoms with Crippen molar-refractivity contribution in [3.05, 3.63) is 27.9 Å². The molecule has 3 heterocycles. The zero-order valence-electron chi connectivity index (χ0n) is 16.6. The summed E-state index contributed by atoms with van der Waals surface area (Å²) in [5.41, 5.74) is 2.40. The van der Waals surface area contributed by atoms with Gasteiger partial charge in [-0.25, -0.2) is 0 Å². The maximum Gasteiger partial charge on any atom is 0.243 e. The number of benzene rings is 1. The molecule has 4 rings (SSSR count). The van der Waals surface area contributed by atoms with Gasteiger partial charge in [0, 0.05) is 30.9 Å². The Balaban J connectivity index is 1.87. The lowest BCUT2D eigenvalue weighted by Gasteiger charge is -2.29. The van der Waals surface area contributed by atoms with E-state index in [0.29, 0.717) is 49.8 Å². The Bertz CT molecular complexity index is 904. The van der Waals surface area contributed by atoms with Gasteiger partial charge in [0.2, 0.25) is 17.1 Å². The fourth-order valence-electron chi connectivity index (χ4n) is 4.25. The fourth-order valence-corrected chi connectivity index (χ4v) is 4.25. The molecule has 2 aliphatic rings. The molecule has 2 aliphatic heterocycles. The number of rotatable bonds is 5. The Morgan fingerprint density at radius 1 is 1.25 bits per heavy atom. The first kappa shape index (κ1) is 19.1. The van der Waals surface area contributed by atoms with Crippen molar-refractivity contribution in [1.82, 2.24) is 0 Å². The lowest BCUT2D eigenvalue weighted by molar-refractivity contribution is 0.120. The molecular formula is C21H28N2O5. The Labute approximate surface area is 164 Å². The third kappa shape index (κ3) is 3.22. The van der Waals surface area contributed by atoms with Crippen molar-refractivity contribution in [2.24, 2.45) is 0 Å². The van der Waals surface area contributed by atoms with E-state index in [1.54, 1.807) is 0 Å². The van der Waals surface area contributed by atoms with Gasteiger partial charge in [-0.1, -0.05) is 0 Å². The first-order valence-corrected chi connectivity index (χ1v) is 10.1. The van der Waals surface area contributed by atoms with Gasteiger partial charge >= 0.3 is 0 Å². The van der Waals surface area contributed by atoms with Crippen molar-refractivity contribution < 1.29 is 19.0 Å². The molecule has 1 N–H and O–H groups in total. The summed E-state index contributed by atoms with van der Waals surface area (Å²) < 4.78 is 17.5. The molecule has 0 bridgehead atoms. The number of aliphatic hydroxyl groups excluding tert-OH is 1. The van der Waals surface area contributed by atoms with Gasteiger partial charge in [-0.15, -0.1) is 0 Å². The van der Waals surface area contributed by atoms with Crippen molar-refractivity contribution in [3.8, 4) is 5.75 Å². The van der Waals surface area contributed by atoms with Crippen LogP contribution in [-0.4, -0.2) is 57.2 Å². The second-order valence-electron chi connectivity index (χ2n) is 7.36. The predicted octanol–water partition coefficient (Wildman–Crippen LogP) is 2.30. The fraction of sp³-hybridized carbons (Fsp3) is 0.571. The first-order chi connectivity index (χ1) is 13.7. The van der Waals surface area contributed by atoms with Crippen LogP contribution in [0.15, 0.2) is 21.3 Å². The van der Waals surface area contributed by atoms with Crippen LogP contribution in [0.4, 0.5) is 11.6 Å². The van der Waals surface area contributed by atoms with Crippen LogP contribution in [0.3, 0.4) is 0 Å². The normalized spacial score (nSPS) is 20.2. The number of hydrogen-bond donors (Lipinski definition) is 1. The molecule has 1 aromatic heterocycles. The number of anilines is 2. The van der Waals surface area contributed by atoms with Crippen molar-refractivity contribution in [2.75, 3.05) is 55.9 Å². The molecule has 2 aromatic rings. The SMILES string of the molecule is CCOc1c(N2CCOCC2)oc2c(C)c(N3CCCC3CO)ccc2c1=O. The highest BCUT2D eigenvalue weighted by atomic mass is 16.5. The van der Waals surface area contributed by atoms with Gasteiger partial charge in [-0.2, -0.15) is 0 Å². The van der Waals surface area contributed by atoms with Crippen LogP contribution in [0, 0.1) is 6.92 Å². The predicted molar refractivity (Wildman–Crippen MR) is 109 cm³/mol. The zero-order valence-corrected chi connectivity index (χ0v) is 16.6. The smallest absolute Gasteiger partial charge is 0.243 e.